The van der Waals surface area contributed by atoms with E-state index in [9.17, 15) is 9.90 Å². The van der Waals surface area contributed by atoms with Gasteiger partial charge in [-0.3, -0.25) is 4.79 Å². The zero-order valence-corrected chi connectivity index (χ0v) is 6.80. The van der Waals surface area contributed by atoms with Crippen LogP contribution in [0, 0.1) is 0 Å². The fraction of sp³-hybridized carbons (Fsp3) is 0.625. The Kier molecular flexibility index (Phi) is 2.97. The van der Waals surface area contributed by atoms with E-state index in [1.54, 1.807) is 0 Å². The Balaban J connectivity index is 2.49. The third-order valence-electron chi connectivity index (χ3n) is 1.71. The molecule has 1 rings (SSSR count). The van der Waals surface area contributed by atoms with Crippen LogP contribution in [0.5, 0.6) is 0 Å². The number of rotatable bonds is 2. The van der Waals surface area contributed by atoms with E-state index in [1.807, 2.05) is 0 Å². The Hall–Kier alpha value is -0.710. The van der Waals surface area contributed by atoms with Gasteiger partial charge in [-0.1, -0.05) is 0 Å². The van der Waals surface area contributed by atoms with Crippen LogP contribution in [0.15, 0.2) is 12.2 Å². The summed E-state index contributed by atoms with van der Waals surface area (Å²) in [7, 11) is 0. The van der Waals surface area contributed by atoms with Gasteiger partial charge in [-0.2, -0.15) is 0 Å². The average molecular weight is 172 g/mol. The molecule has 1 aliphatic heterocycles. The van der Waals surface area contributed by atoms with Gasteiger partial charge in [0.05, 0.1) is 6.61 Å². The zero-order chi connectivity index (χ0) is 9.14. The first kappa shape index (κ1) is 9.38. The smallest absolute Gasteiger partial charge is 0.152 e. The van der Waals surface area contributed by atoms with Crippen LogP contribution in [0.2, 0.25) is 0 Å². The maximum Gasteiger partial charge on any atom is 0.152 e. The number of ether oxygens (including phenoxy) is 1. The number of carbonyl (C=O) groups excluding carboxylic acids is 1. The molecular formula is C8H12O4. The van der Waals surface area contributed by atoms with Crippen molar-refractivity contribution in [2.24, 2.45) is 0 Å². The van der Waals surface area contributed by atoms with Gasteiger partial charge in [0.15, 0.2) is 5.78 Å². The molecule has 0 aliphatic carbocycles. The lowest BCUT2D eigenvalue weighted by Gasteiger charge is -2.09. The zero-order valence-electron chi connectivity index (χ0n) is 6.80. The second kappa shape index (κ2) is 3.80. The minimum Gasteiger partial charge on any atom is -0.388 e. The molecule has 2 N–H and O–H groups in total. The molecule has 12 heavy (non-hydrogen) atoms. The van der Waals surface area contributed by atoms with Crippen LogP contribution >= 0.6 is 0 Å². The van der Waals surface area contributed by atoms with Crippen LogP contribution in [0.3, 0.4) is 0 Å². The maximum absolute atomic E-state index is 10.5. The highest BCUT2D eigenvalue weighted by atomic mass is 16.5. The monoisotopic (exact) mass is 172 g/mol. The second-order valence-electron chi connectivity index (χ2n) is 2.83. The number of ketones is 1. The standard InChI is InChI=1S/C8H12O4/c1-5(9)2-3-7-8(11)6(10)4-12-7/h2-3,6-8,10-11H,4H2,1H3/b3-2+/t6-,7+,8-/m1/s1. The van der Waals surface area contributed by atoms with Gasteiger partial charge in [-0.15, -0.1) is 0 Å². The van der Waals surface area contributed by atoms with Gasteiger partial charge >= 0.3 is 0 Å². The Morgan fingerprint density at radius 1 is 1.58 bits per heavy atom. The van der Waals surface area contributed by atoms with Crippen molar-refractivity contribution >= 4 is 5.78 Å². The molecule has 0 bridgehead atoms. The summed E-state index contributed by atoms with van der Waals surface area (Å²) >= 11 is 0. The van der Waals surface area contributed by atoms with Crippen molar-refractivity contribution in [3.63, 3.8) is 0 Å². The summed E-state index contributed by atoms with van der Waals surface area (Å²) < 4.78 is 4.99. The topological polar surface area (TPSA) is 66.8 Å². The summed E-state index contributed by atoms with van der Waals surface area (Å²) in [5, 5.41) is 18.3. The summed E-state index contributed by atoms with van der Waals surface area (Å²) in [6, 6.07) is 0. The van der Waals surface area contributed by atoms with Crippen molar-refractivity contribution in [1.82, 2.24) is 0 Å². The molecule has 0 aromatic rings. The molecule has 4 heteroatoms. The average Bonchev–Trinajstić information content (AvgIpc) is 2.30. The summed E-state index contributed by atoms with van der Waals surface area (Å²) in [5.41, 5.74) is 0. The molecule has 1 fully saturated rings. The lowest BCUT2D eigenvalue weighted by molar-refractivity contribution is -0.112. The van der Waals surface area contributed by atoms with Crippen LogP contribution in [0.1, 0.15) is 6.92 Å². The molecule has 0 aromatic carbocycles. The van der Waals surface area contributed by atoms with Crippen molar-refractivity contribution in [1.29, 1.82) is 0 Å². The molecule has 0 amide bonds. The number of hydrogen-bond donors (Lipinski definition) is 2. The predicted octanol–water partition coefficient (Wildman–Crippen LogP) is -0.748. The first-order valence-electron chi connectivity index (χ1n) is 3.78. The van der Waals surface area contributed by atoms with Gasteiger partial charge in [0, 0.05) is 0 Å². The van der Waals surface area contributed by atoms with Gasteiger partial charge in [-0.05, 0) is 19.1 Å². The van der Waals surface area contributed by atoms with E-state index in [0.717, 1.165) is 0 Å². The van der Waals surface area contributed by atoms with Crippen molar-refractivity contribution in [3.8, 4) is 0 Å². The van der Waals surface area contributed by atoms with Crippen molar-refractivity contribution in [2.75, 3.05) is 6.61 Å². The van der Waals surface area contributed by atoms with E-state index in [2.05, 4.69) is 0 Å². The fourth-order valence-corrected chi connectivity index (χ4v) is 1.03. The molecule has 0 aromatic heterocycles. The van der Waals surface area contributed by atoms with Crippen LogP contribution in [0.4, 0.5) is 0 Å². The van der Waals surface area contributed by atoms with Crippen molar-refractivity contribution < 1.29 is 19.7 Å². The molecule has 1 saturated heterocycles. The Labute approximate surface area is 70.5 Å². The van der Waals surface area contributed by atoms with Gasteiger partial charge < -0.3 is 14.9 Å². The molecule has 3 atom stereocenters. The quantitative estimate of drug-likeness (QED) is 0.538. The van der Waals surface area contributed by atoms with Crippen LogP contribution in [0.25, 0.3) is 0 Å². The lowest BCUT2D eigenvalue weighted by Crippen LogP contribution is -2.28. The molecule has 4 nitrogen and oxygen atoms in total. The van der Waals surface area contributed by atoms with E-state index >= 15 is 0 Å². The number of aliphatic hydroxyl groups is 2. The lowest BCUT2D eigenvalue weighted by atomic mass is 10.1. The van der Waals surface area contributed by atoms with Gasteiger partial charge in [0.1, 0.15) is 18.3 Å². The summed E-state index contributed by atoms with van der Waals surface area (Å²) in [6.07, 6.45) is 0.478. The third-order valence-corrected chi connectivity index (χ3v) is 1.71. The Morgan fingerprint density at radius 3 is 2.67 bits per heavy atom. The SMILES string of the molecule is CC(=O)/C=C/[C@@H]1OC[C@@H](O)[C@H]1O. The molecule has 0 unspecified atom stereocenters. The van der Waals surface area contributed by atoms with Crippen LogP contribution in [-0.2, 0) is 9.53 Å². The first-order valence-corrected chi connectivity index (χ1v) is 3.78. The minimum atomic E-state index is -0.916. The number of carbonyl (C=O) groups is 1. The summed E-state index contributed by atoms with van der Waals surface area (Å²) in [4.78, 5) is 10.5. The summed E-state index contributed by atoms with van der Waals surface area (Å²) in [5.74, 6) is -0.104. The van der Waals surface area contributed by atoms with Gasteiger partial charge in [-0.25, -0.2) is 0 Å². The highest BCUT2D eigenvalue weighted by molar-refractivity contribution is 5.87. The normalized spacial score (nSPS) is 36.1. The van der Waals surface area contributed by atoms with Crippen LogP contribution in [-0.4, -0.2) is 40.9 Å². The Bertz CT molecular complexity index is 199. The maximum atomic E-state index is 10.5. The Morgan fingerprint density at radius 2 is 2.25 bits per heavy atom. The van der Waals surface area contributed by atoms with E-state index in [-0.39, 0.29) is 12.4 Å². The first-order chi connectivity index (χ1) is 5.61. The second-order valence-corrected chi connectivity index (χ2v) is 2.83. The molecule has 1 aliphatic rings. The predicted molar refractivity (Wildman–Crippen MR) is 41.6 cm³/mol. The van der Waals surface area contributed by atoms with Crippen LogP contribution < -0.4 is 0 Å². The van der Waals surface area contributed by atoms with Crippen molar-refractivity contribution in [2.45, 2.75) is 25.2 Å². The number of aliphatic hydroxyl groups excluding tert-OH is 2. The third kappa shape index (κ3) is 2.14. The van der Waals surface area contributed by atoms with Gasteiger partial charge in [0.2, 0.25) is 0 Å². The minimum absolute atomic E-state index is 0.104. The van der Waals surface area contributed by atoms with E-state index < -0.39 is 18.3 Å². The number of allylic oxidation sites excluding steroid dienone is 1. The highest BCUT2D eigenvalue weighted by Crippen LogP contribution is 2.14. The van der Waals surface area contributed by atoms with E-state index in [0.29, 0.717) is 0 Å². The van der Waals surface area contributed by atoms with Gasteiger partial charge in [0.25, 0.3) is 0 Å². The molecule has 0 saturated carbocycles. The summed E-state index contributed by atoms with van der Waals surface area (Å²) in [6.45, 7) is 1.53. The molecule has 0 radical (unpaired) electrons. The molecule has 0 spiro atoms. The highest BCUT2D eigenvalue weighted by Gasteiger charge is 2.32. The molecule has 68 valence electrons. The van der Waals surface area contributed by atoms with E-state index in [1.165, 1.54) is 19.1 Å². The molecular weight excluding hydrogens is 160 g/mol. The fourth-order valence-electron chi connectivity index (χ4n) is 1.03. The number of hydrogen-bond acceptors (Lipinski definition) is 4. The van der Waals surface area contributed by atoms with Crippen molar-refractivity contribution in [3.05, 3.63) is 12.2 Å². The van der Waals surface area contributed by atoms with E-state index in [4.69, 9.17) is 9.84 Å². The largest absolute Gasteiger partial charge is 0.388 e. The molecule has 1 heterocycles.